The van der Waals surface area contributed by atoms with Crippen molar-refractivity contribution in [2.75, 3.05) is 0 Å². The van der Waals surface area contributed by atoms with Gasteiger partial charge in [-0.2, -0.15) is 0 Å². The molecule has 2 aromatic heterocycles. The Morgan fingerprint density at radius 3 is 2.81 bits per heavy atom. The van der Waals surface area contributed by atoms with E-state index in [1.165, 1.54) is 8.93 Å². The third-order valence-electron chi connectivity index (χ3n) is 4.03. The maximum atomic E-state index is 11.3. The van der Waals surface area contributed by atoms with Crippen LogP contribution >= 0.6 is 30.1 Å². The van der Waals surface area contributed by atoms with E-state index in [2.05, 4.69) is 31.2 Å². The second-order valence-corrected chi connectivity index (χ2v) is 8.15. The summed E-state index contributed by atoms with van der Waals surface area (Å²) in [5.74, 6) is 0. The molecule has 0 aliphatic rings. The first-order valence-electron chi connectivity index (χ1n) is 8.07. The number of hydrogen-bond donors (Lipinski definition) is 1. The molecule has 6 nitrogen and oxygen atoms in total. The van der Waals surface area contributed by atoms with E-state index < -0.39 is 0 Å². The number of nitrogens with one attached hydrogen (secondary N) is 1. The lowest BCUT2D eigenvalue weighted by atomic mass is 10.0. The third kappa shape index (κ3) is 3.86. The Labute approximate surface area is 167 Å². The summed E-state index contributed by atoms with van der Waals surface area (Å²) in [6.07, 6.45) is 1.93. The van der Waals surface area contributed by atoms with Gasteiger partial charge in [-0.1, -0.05) is 12.1 Å². The number of ether oxygens (including phenoxy) is 1. The minimum absolute atomic E-state index is 0.119. The van der Waals surface area contributed by atoms with Crippen molar-refractivity contribution >= 4 is 46.9 Å². The summed E-state index contributed by atoms with van der Waals surface area (Å²) in [6.45, 7) is 6.20. The molecule has 0 aliphatic carbocycles. The Morgan fingerprint density at radius 1 is 1.38 bits per heavy atom. The zero-order valence-electron chi connectivity index (χ0n) is 14.6. The summed E-state index contributed by atoms with van der Waals surface area (Å²) in [4.78, 5) is 18.8. The first-order chi connectivity index (χ1) is 12.4. The summed E-state index contributed by atoms with van der Waals surface area (Å²) in [7, 11) is 1.53. The predicted octanol–water partition coefficient (Wildman–Crippen LogP) is 5.81. The van der Waals surface area contributed by atoms with Crippen LogP contribution in [0.2, 0.25) is 0 Å². The standard InChI is InChI=1S/C18H18IN3O3S/c1-10(2)25-9-12-6-14-16(18(26-19)21-17(14)20-8-12)13-5-4-11(3)15(7-13)22(23)24/h4-8,10H,9H2,1-3H3,(H,20,21). The van der Waals surface area contributed by atoms with Gasteiger partial charge in [-0.25, -0.2) is 4.98 Å². The molecule has 0 bridgehead atoms. The van der Waals surface area contributed by atoms with Gasteiger partial charge < -0.3 is 9.72 Å². The minimum Gasteiger partial charge on any atom is -0.374 e. The summed E-state index contributed by atoms with van der Waals surface area (Å²) in [5.41, 5.74) is 4.23. The Hall–Kier alpha value is -1.65. The van der Waals surface area contributed by atoms with Crippen LogP contribution in [-0.4, -0.2) is 21.0 Å². The highest BCUT2D eigenvalue weighted by atomic mass is 127. The lowest BCUT2D eigenvalue weighted by Crippen LogP contribution is -2.02. The molecule has 0 fully saturated rings. The summed E-state index contributed by atoms with van der Waals surface area (Å²) in [6, 6.07) is 7.37. The Balaban J connectivity index is 2.15. The van der Waals surface area contributed by atoms with Crippen molar-refractivity contribution in [1.82, 2.24) is 9.97 Å². The van der Waals surface area contributed by atoms with Gasteiger partial charge in [0.05, 0.1) is 22.7 Å². The van der Waals surface area contributed by atoms with Crippen LogP contribution < -0.4 is 0 Å². The average Bonchev–Trinajstić information content (AvgIpc) is 2.98. The van der Waals surface area contributed by atoms with Gasteiger partial charge in [0.1, 0.15) is 5.65 Å². The van der Waals surface area contributed by atoms with Gasteiger partial charge in [0, 0.05) is 50.0 Å². The van der Waals surface area contributed by atoms with Gasteiger partial charge in [-0.15, -0.1) is 0 Å². The Bertz CT molecular complexity index is 972. The van der Waals surface area contributed by atoms with Crippen LogP contribution in [0, 0.1) is 17.0 Å². The predicted molar refractivity (Wildman–Crippen MR) is 113 cm³/mol. The van der Waals surface area contributed by atoms with Gasteiger partial charge in [-0.3, -0.25) is 10.1 Å². The molecule has 1 aromatic carbocycles. The molecule has 0 saturated carbocycles. The summed E-state index contributed by atoms with van der Waals surface area (Å²) < 4.78 is 5.68. The van der Waals surface area contributed by atoms with E-state index in [-0.39, 0.29) is 16.7 Å². The zero-order valence-corrected chi connectivity index (χ0v) is 17.6. The maximum Gasteiger partial charge on any atom is 0.272 e. The topological polar surface area (TPSA) is 81.0 Å². The van der Waals surface area contributed by atoms with E-state index >= 15 is 0 Å². The molecule has 136 valence electrons. The molecular weight excluding hydrogens is 465 g/mol. The van der Waals surface area contributed by atoms with Gasteiger partial charge in [0.25, 0.3) is 5.69 Å². The monoisotopic (exact) mass is 483 g/mol. The fourth-order valence-electron chi connectivity index (χ4n) is 2.74. The fraction of sp³-hybridized carbons (Fsp3) is 0.278. The van der Waals surface area contributed by atoms with Gasteiger partial charge >= 0.3 is 0 Å². The summed E-state index contributed by atoms with van der Waals surface area (Å²) >= 11 is 2.20. The molecule has 0 atom stereocenters. The van der Waals surface area contributed by atoms with E-state index in [9.17, 15) is 10.1 Å². The number of aromatic amines is 1. The molecule has 0 saturated heterocycles. The number of benzene rings is 1. The second-order valence-electron chi connectivity index (χ2n) is 6.26. The van der Waals surface area contributed by atoms with Gasteiger partial charge in [-0.05, 0) is 46.9 Å². The molecule has 1 N–H and O–H groups in total. The van der Waals surface area contributed by atoms with Crippen LogP contribution in [0.25, 0.3) is 22.2 Å². The lowest BCUT2D eigenvalue weighted by Gasteiger charge is -2.08. The van der Waals surface area contributed by atoms with Crippen LogP contribution in [0.4, 0.5) is 5.69 Å². The second kappa shape index (κ2) is 7.93. The number of aromatic nitrogens is 2. The number of H-pyrrole nitrogens is 1. The van der Waals surface area contributed by atoms with Crippen molar-refractivity contribution in [3.8, 4) is 11.1 Å². The number of pyridine rings is 1. The number of fused-ring (bicyclic) bond motifs is 1. The molecule has 0 radical (unpaired) electrons. The van der Waals surface area contributed by atoms with E-state index in [0.29, 0.717) is 12.2 Å². The van der Waals surface area contributed by atoms with Crippen LogP contribution in [-0.2, 0) is 11.3 Å². The molecule has 0 aliphatic heterocycles. The average molecular weight is 483 g/mol. The smallest absolute Gasteiger partial charge is 0.272 e. The normalized spacial score (nSPS) is 11.4. The minimum atomic E-state index is -0.343. The molecule has 0 unspecified atom stereocenters. The number of nitro benzene ring substituents is 1. The molecule has 8 heteroatoms. The van der Waals surface area contributed by atoms with Crippen LogP contribution in [0.15, 0.2) is 35.5 Å². The number of nitrogens with zero attached hydrogens (tertiary/aromatic N) is 2. The number of hydrogen-bond acceptors (Lipinski definition) is 5. The van der Waals surface area contributed by atoms with Crippen LogP contribution in [0.5, 0.6) is 0 Å². The molecule has 0 spiro atoms. The molecule has 0 amide bonds. The molecular formula is C18H18IN3O3S. The molecule has 2 heterocycles. The van der Waals surface area contributed by atoms with E-state index in [1.54, 1.807) is 25.3 Å². The maximum absolute atomic E-state index is 11.3. The quantitative estimate of drug-likeness (QED) is 0.272. The Kier molecular flexibility index (Phi) is 5.83. The number of aryl methyl sites for hydroxylation is 1. The van der Waals surface area contributed by atoms with Crippen molar-refractivity contribution in [2.24, 2.45) is 0 Å². The largest absolute Gasteiger partial charge is 0.374 e. The highest BCUT2D eigenvalue weighted by Gasteiger charge is 2.19. The van der Waals surface area contributed by atoms with Crippen molar-refractivity contribution < 1.29 is 9.66 Å². The molecule has 26 heavy (non-hydrogen) atoms. The SMILES string of the molecule is Cc1ccc(-c2c(SI)[nH]c3ncc(COC(C)C)cc23)cc1[N+](=O)[O-]. The molecule has 3 rings (SSSR count). The van der Waals surface area contributed by atoms with E-state index in [0.717, 1.165) is 32.7 Å². The van der Waals surface area contributed by atoms with E-state index in [1.807, 2.05) is 26.0 Å². The first-order valence-corrected chi connectivity index (χ1v) is 11.4. The van der Waals surface area contributed by atoms with E-state index in [4.69, 9.17) is 4.74 Å². The van der Waals surface area contributed by atoms with Gasteiger partial charge in [0.15, 0.2) is 0 Å². The van der Waals surface area contributed by atoms with Crippen molar-refractivity contribution in [3.05, 3.63) is 51.7 Å². The number of halogens is 1. The Morgan fingerprint density at radius 2 is 2.15 bits per heavy atom. The van der Waals surface area contributed by atoms with Crippen LogP contribution in [0.1, 0.15) is 25.0 Å². The third-order valence-corrected chi connectivity index (χ3v) is 5.81. The molecule has 3 aromatic rings. The van der Waals surface area contributed by atoms with Crippen molar-refractivity contribution in [2.45, 2.75) is 38.5 Å². The number of nitro groups is 1. The van der Waals surface area contributed by atoms with Crippen molar-refractivity contribution in [1.29, 1.82) is 0 Å². The van der Waals surface area contributed by atoms with Crippen molar-refractivity contribution in [3.63, 3.8) is 0 Å². The first kappa shape index (κ1) is 19.1. The number of rotatable bonds is 6. The summed E-state index contributed by atoms with van der Waals surface area (Å²) in [5, 5.41) is 13.2. The zero-order chi connectivity index (χ0) is 18.8. The lowest BCUT2D eigenvalue weighted by molar-refractivity contribution is -0.385. The fourth-order valence-corrected chi connectivity index (χ4v) is 4.17. The van der Waals surface area contributed by atoms with Crippen LogP contribution in [0.3, 0.4) is 0 Å². The highest BCUT2D eigenvalue weighted by Crippen LogP contribution is 2.41. The highest BCUT2D eigenvalue weighted by molar-refractivity contribution is 14.2. The van der Waals surface area contributed by atoms with Gasteiger partial charge in [0.2, 0.25) is 0 Å².